The number of benzene rings is 2. The number of anilines is 2. The molecule has 1 saturated heterocycles. The van der Waals surface area contributed by atoms with Crippen LogP contribution in [0.5, 0.6) is 17.2 Å². The molecule has 2 aromatic rings. The SMILES string of the molecule is COc1ccc(N2CC(C(=O)Nc3cccc(O)c3)CC2=O)c(OC)c1. The summed E-state index contributed by atoms with van der Waals surface area (Å²) < 4.78 is 10.5. The summed E-state index contributed by atoms with van der Waals surface area (Å²) in [5.74, 6) is 0.289. The van der Waals surface area contributed by atoms with E-state index in [1.807, 2.05) is 0 Å². The third kappa shape index (κ3) is 3.56. The first kappa shape index (κ1) is 17.6. The lowest BCUT2D eigenvalue weighted by Crippen LogP contribution is -2.28. The van der Waals surface area contributed by atoms with Crippen molar-refractivity contribution in [1.29, 1.82) is 0 Å². The van der Waals surface area contributed by atoms with Crippen LogP contribution in [0.2, 0.25) is 0 Å². The van der Waals surface area contributed by atoms with Crippen molar-refractivity contribution in [2.24, 2.45) is 5.92 Å². The molecule has 1 atom stereocenters. The molecule has 1 aliphatic rings. The maximum atomic E-state index is 12.5. The second kappa shape index (κ2) is 7.35. The number of phenols is 1. The van der Waals surface area contributed by atoms with Gasteiger partial charge in [-0.15, -0.1) is 0 Å². The summed E-state index contributed by atoms with van der Waals surface area (Å²) >= 11 is 0. The number of amides is 2. The number of hydrogen-bond donors (Lipinski definition) is 2. The van der Waals surface area contributed by atoms with Crippen molar-refractivity contribution < 1.29 is 24.2 Å². The normalized spacial score (nSPS) is 16.5. The Kier molecular flexibility index (Phi) is 4.97. The molecule has 2 amide bonds. The molecule has 2 aromatic carbocycles. The lowest BCUT2D eigenvalue weighted by atomic mass is 10.1. The van der Waals surface area contributed by atoms with Crippen LogP contribution >= 0.6 is 0 Å². The summed E-state index contributed by atoms with van der Waals surface area (Å²) in [7, 11) is 3.07. The summed E-state index contributed by atoms with van der Waals surface area (Å²) in [5.41, 5.74) is 1.09. The average Bonchev–Trinajstić information content (AvgIpc) is 3.03. The zero-order valence-electron chi connectivity index (χ0n) is 14.6. The molecule has 7 nitrogen and oxygen atoms in total. The first-order chi connectivity index (χ1) is 12.5. The second-order valence-electron chi connectivity index (χ2n) is 5.98. The van der Waals surface area contributed by atoms with Crippen LogP contribution in [0.25, 0.3) is 0 Å². The van der Waals surface area contributed by atoms with Gasteiger partial charge >= 0.3 is 0 Å². The molecule has 136 valence electrons. The van der Waals surface area contributed by atoms with E-state index in [9.17, 15) is 14.7 Å². The maximum Gasteiger partial charge on any atom is 0.229 e. The molecule has 0 radical (unpaired) electrons. The Morgan fingerprint density at radius 3 is 2.69 bits per heavy atom. The molecule has 1 heterocycles. The van der Waals surface area contributed by atoms with Crippen LogP contribution in [0.1, 0.15) is 6.42 Å². The molecule has 1 unspecified atom stereocenters. The number of hydrogen-bond acceptors (Lipinski definition) is 5. The topological polar surface area (TPSA) is 88.1 Å². The summed E-state index contributed by atoms with van der Waals surface area (Å²) in [5, 5.41) is 12.2. The highest BCUT2D eigenvalue weighted by Crippen LogP contribution is 2.36. The fourth-order valence-electron chi connectivity index (χ4n) is 2.95. The molecule has 3 rings (SSSR count). The van der Waals surface area contributed by atoms with Crippen molar-refractivity contribution >= 4 is 23.2 Å². The van der Waals surface area contributed by atoms with Crippen LogP contribution in [-0.2, 0) is 9.59 Å². The van der Waals surface area contributed by atoms with Gasteiger partial charge < -0.3 is 24.8 Å². The van der Waals surface area contributed by atoms with E-state index in [0.717, 1.165) is 0 Å². The van der Waals surface area contributed by atoms with E-state index in [1.54, 1.807) is 42.3 Å². The number of carbonyl (C=O) groups excluding carboxylic acids is 2. The van der Waals surface area contributed by atoms with Crippen molar-refractivity contribution in [3.8, 4) is 17.2 Å². The molecule has 26 heavy (non-hydrogen) atoms. The Hall–Kier alpha value is -3.22. The smallest absolute Gasteiger partial charge is 0.229 e. The van der Waals surface area contributed by atoms with E-state index in [2.05, 4.69) is 5.32 Å². The lowest BCUT2D eigenvalue weighted by molar-refractivity contribution is -0.122. The number of carbonyl (C=O) groups is 2. The summed E-state index contributed by atoms with van der Waals surface area (Å²) in [4.78, 5) is 26.5. The van der Waals surface area contributed by atoms with Gasteiger partial charge in [0.15, 0.2) is 0 Å². The highest BCUT2D eigenvalue weighted by atomic mass is 16.5. The molecule has 0 saturated carbocycles. The maximum absolute atomic E-state index is 12.5. The van der Waals surface area contributed by atoms with E-state index in [0.29, 0.717) is 22.9 Å². The molecular weight excluding hydrogens is 336 g/mol. The molecule has 0 aliphatic carbocycles. The molecular formula is C19H20N2O5. The van der Waals surface area contributed by atoms with Crippen LogP contribution in [-0.4, -0.2) is 37.7 Å². The zero-order valence-corrected chi connectivity index (χ0v) is 14.6. The molecule has 2 N–H and O–H groups in total. The Balaban J connectivity index is 1.75. The fourth-order valence-corrected chi connectivity index (χ4v) is 2.95. The van der Waals surface area contributed by atoms with Crippen molar-refractivity contribution in [2.75, 3.05) is 31.0 Å². The first-order valence-electron chi connectivity index (χ1n) is 8.14. The van der Waals surface area contributed by atoms with Gasteiger partial charge in [-0.1, -0.05) is 6.07 Å². The number of nitrogens with one attached hydrogen (secondary N) is 1. The largest absolute Gasteiger partial charge is 0.508 e. The van der Waals surface area contributed by atoms with Crippen LogP contribution in [0.15, 0.2) is 42.5 Å². The molecule has 0 bridgehead atoms. The van der Waals surface area contributed by atoms with Gasteiger partial charge in [0.25, 0.3) is 0 Å². The second-order valence-corrected chi connectivity index (χ2v) is 5.98. The minimum absolute atomic E-state index is 0.0647. The number of phenolic OH excluding ortho intramolecular Hbond substituents is 1. The first-order valence-corrected chi connectivity index (χ1v) is 8.14. The van der Waals surface area contributed by atoms with Crippen molar-refractivity contribution in [3.63, 3.8) is 0 Å². The minimum atomic E-state index is -0.489. The predicted molar refractivity (Wildman–Crippen MR) is 96.7 cm³/mol. The van der Waals surface area contributed by atoms with Crippen LogP contribution < -0.4 is 19.7 Å². The lowest BCUT2D eigenvalue weighted by Gasteiger charge is -2.20. The third-order valence-electron chi connectivity index (χ3n) is 4.29. The fraction of sp³-hybridized carbons (Fsp3) is 0.263. The number of ether oxygens (including phenoxy) is 2. The Morgan fingerprint density at radius 2 is 2.00 bits per heavy atom. The highest BCUT2D eigenvalue weighted by molar-refractivity contribution is 6.04. The Bertz CT molecular complexity index is 836. The van der Waals surface area contributed by atoms with Gasteiger partial charge in [0.1, 0.15) is 17.2 Å². The van der Waals surface area contributed by atoms with E-state index < -0.39 is 5.92 Å². The van der Waals surface area contributed by atoms with Gasteiger partial charge in [-0.05, 0) is 24.3 Å². The minimum Gasteiger partial charge on any atom is -0.508 e. The Morgan fingerprint density at radius 1 is 1.19 bits per heavy atom. The highest BCUT2D eigenvalue weighted by Gasteiger charge is 2.36. The quantitative estimate of drug-likeness (QED) is 0.859. The monoisotopic (exact) mass is 356 g/mol. The van der Waals surface area contributed by atoms with Crippen LogP contribution in [0, 0.1) is 5.92 Å². The molecule has 1 aliphatic heterocycles. The third-order valence-corrected chi connectivity index (χ3v) is 4.29. The van der Waals surface area contributed by atoms with Gasteiger partial charge in [-0.25, -0.2) is 0 Å². The molecule has 0 spiro atoms. The standard InChI is InChI=1S/C19H20N2O5/c1-25-15-6-7-16(17(10-15)26-2)21-11-12(8-18(21)23)19(24)20-13-4-3-5-14(22)9-13/h3-7,9-10,12,22H,8,11H2,1-2H3,(H,20,24). The number of methoxy groups -OCH3 is 2. The van der Waals surface area contributed by atoms with E-state index >= 15 is 0 Å². The van der Waals surface area contributed by atoms with Crippen LogP contribution in [0.4, 0.5) is 11.4 Å². The number of nitrogens with zero attached hydrogens (tertiary/aromatic N) is 1. The number of rotatable bonds is 5. The van der Waals surface area contributed by atoms with E-state index in [-0.39, 0.29) is 30.5 Å². The van der Waals surface area contributed by atoms with Gasteiger partial charge in [-0.3, -0.25) is 9.59 Å². The number of aromatic hydroxyl groups is 1. The van der Waals surface area contributed by atoms with Gasteiger partial charge in [0.05, 0.1) is 25.8 Å². The summed E-state index contributed by atoms with van der Waals surface area (Å²) in [6, 6.07) is 11.5. The predicted octanol–water partition coefficient (Wildman–Crippen LogP) is 2.40. The van der Waals surface area contributed by atoms with Crippen molar-refractivity contribution in [1.82, 2.24) is 0 Å². The van der Waals surface area contributed by atoms with Gasteiger partial charge in [0.2, 0.25) is 11.8 Å². The van der Waals surface area contributed by atoms with Crippen molar-refractivity contribution in [2.45, 2.75) is 6.42 Å². The summed E-state index contributed by atoms with van der Waals surface area (Å²) in [6.45, 7) is 0.256. The van der Waals surface area contributed by atoms with E-state index in [1.165, 1.54) is 19.2 Å². The molecule has 7 heteroatoms. The van der Waals surface area contributed by atoms with E-state index in [4.69, 9.17) is 9.47 Å². The zero-order chi connectivity index (χ0) is 18.7. The van der Waals surface area contributed by atoms with Crippen LogP contribution in [0.3, 0.4) is 0 Å². The van der Waals surface area contributed by atoms with Gasteiger partial charge in [-0.2, -0.15) is 0 Å². The average molecular weight is 356 g/mol. The Labute approximate surface area is 151 Å². The summed E-state index contributed by atoms with van der Waals surface area (Å²) in [6.07, 6.45) is 0.111. The molecule has 1 fully saturated rings. The molecule has 0 aromatic heterocycles. The van der Waals surface area contributed by atoms with Crippen molar-refractivity contribution in [3.05, 3.63) is 42.5 Å². The van der Waals surface area contributed by atoms with Gasteiger partial charge in [0, 0.05) is 30.8 Å².